The summed E-state index contributed by atoms with van der Waals surface area (Å²) in [6.07, 6.45) is 0. The molecule has 0 fully saturated rings. The highest BCUT2D eigenvalue weighted by Gasteiger charge is 2.14. The first kappa shape index (κ1) is 17.4. The van der Waals surface area contributed by atoms with Gasteiger partial charge >= 0.3 is 0 Å². The molecule has 4 rings (SSSR count). The number of nitrogens with one attached hydrogen (secondary N) is 1. The van der Waals surface area contributed by atoms with Gasteiger partial charge < -0.3 is 14.8 Å². The fourth-order valence-electron chi connectivity index (χ4n) is 2.65. The van der Waals surface area contributed by atoms with E-state index in [1.54, 1.807) is 0 Å². The first-order valence-corrected chi connectivity index (χ1v) is 9.39. The number of hydrogen-bond acceptors (Lipinski definition) is 6. The van der Waals surface area contributed by atoms with Gasteiger partial charge in [-0.3, -0.25) is 4.79 Å². The molecule has 0 radical (unpaired) electrons. The number of aryl methyl sites for hydroxylation is 1. The summed E-state index contributed by atoms with van der Waals surface area (Å²) >= 11 is 1.35. The van der Waals surface area contributed by atoms with E-state index in [2.05, 4.69) is 15.5 Å². The highest BCUT2D eigenvalue weighted by Crippen LogP contribution is 2.35. The van der Waals surface area contributed by atoms with E-state index in [1.165, 1.54) is 11.8 Å². The molecule has 1 aliphatic heterocycles. The van der Waals surface area contributed by atoms with Crippen LogP contribution in [0, 0.1) is 6.92 Å². The molecule has 3 aromatic rings. The molecule has 0 aliphatic carbocycles. The zero-order valence-corrected chi connectivity index (χ0v) is 15.5. The maximum Gasteiger partial charge on any atom is 0.234 e. The fraction of sp³-hybridized carbons (Fsp3) is 0.150. The molecule has 1 N–H and O–H groups in total. The quantitative estimate of drug-likeness (QED) is 0.678. The lowest BCUT2D eigenvalue weighted by Gasteiger charge is -2.07. The van der Waals surface area contributed by atoms with Gasteiger partial charge in [0.25, 0.3) is 0 Å². The number of ether oxygens (including phenoxy) is 2. The Morgan fingerprint density at radius 1 is 1.07 bits per heavy atom. The Bertz CT molecular complexity index is 976. The van der Waals surface area contributed by atoms with Crippen molar-refractivity contribution in [2.75, 3.05) is 17.9 Å². The van der Waals surface area contributed by atoms with E-state index >= 15 is 0 Å². The summed E-state index contributed by atoms with van der Waals surface area (Å²) in [5.74, 6) is 1.64. The lowest BCUT2D eigenvalue weighted by atomic mass is 10.1. The number of nitrogens with zero attached hydrogens (tertiary/aromatic N) is 2. The van der Waals surface area contributed by atoms with Crippen LogP contribution >= 0.6 is 11.8 Å². The van der Waals surface area contributed by atoms with Crippen LogP contribution in [0.1, 0.15) is 5.56 Å². The molecule has 2 aromatic carbocycles. The molecule has 7 heteroatoms. The van der Waals surface area contributed by atoms with Gasteiger partial charge in [0.2, 0.25) is 12.7 Å². The first-order valence-electron chi connectivity index (χ1n) is 8.41. The van der Waals surface area contributed by atoms with Crippen LogP contribution < -0.4 is 14.8 Å². The second-order valence-electron chi connectivity index (χ2n) is 5.98. The second-order valence-corrected chi connectivity index (χ2v) is 6.97. The zero-order valence-electron chi connectivity index (χ0n) is 14.6. The van der Waals surface area contributed by atoms with Gasteiger partial charge in [0, 0.05) is 11.3 Å². The summed E-state index contributed by atoms with van der Waals surface area (Å²) in [6.45, 7) is 2.20. The molecule has 0 saturated heterocycles. The Morgan fingerprint density at radius 2 is 1.93 bits per heavy atom. The van der Waals surface area contributed by atoms with Crippen LogP contribution in [-0.2, 0) is 4.79 Å². The van der Waals surface area contributed by atoms with Gasteiger partial charge in [-0.15, -0.1) is 10.2 Å². The third kappa shape index (κ3) is 4.03. The number of anilines is 1. The van der Waals surface area contributed by atoms with Gasteiger partial charge in [0.15, 0.2) is 11.5 Å². The van der Waals surface area contributed by atoms with Crippen LogP contribution in [0.15, 0.2) is 59.6 Å². The topological polar surface area (TPSA) is 73.3 Å². The van der Waals surface area contributed by atoms with Gasteiger partial charge in [-0.25, -0.2) is 0 Å². The minimum Gasteiger partial charge on any atom is -0.454 e. The highest BCUT2D eigenvalue weighted by atomic mass is 32.2. The third-order valence-electron chi connectivity index (χ3n) is 4.08. The molecule has 0 spiro atoms. The number of carbonyl (C=O) groups excluding carboxylic acids is 1. The van der Waals surface area contributed by atoms with Gasteiger partial charge in [0.05, 0.1) is 11.4 Å². The summed E-state index contributed by atoms with van der Waals surface area (Å²) in [7, 11) is 0. The Hall–Kier alpha value is -3.06. The predicted octanol–water partition coefficient (Wildman–Crippen LogP) is 3.91. The van der Waals surface area contributed by atoms with Crippen LogP contribution in [0.5, 0.6) is 11.5 Å². The van der Waals surface area contributed by atoms with Gasteiger partial charge in [-0.1, -0.05) is 30.0 Å². The number of aromatic nitrogens is 2. The van der Waals surface area contributed by atoms with E-state index < -0.39 is 0 Å². The standard InChI is InChI=1S/C20H17N3O3S/c1-13-4-2-3-5-15(13)21-19(24)11-27-20-9-7-16(22-23-20)14-6-8-17-18(10-14)26-12-25-17/h2-10H,11-12H2,1H3,(H,21,24). The molecule has 0 bridgehead atoms. The van der Waals surface area contributed by atoms with Crippen molar-refractivity contribution in [2.24, 2.45) is 0 Å². The van der Waals surface area contributed by atoms with E-state index in [0.717, 1.165) is 28.3 Å². The molecular formula is C20H17N3O3S. The number of para-hydroxylation sites is 1. The predicted molar refractivity (Wildman–Crippen MR) is 104 cm³/mol. The van der Waals surface area contributed by atoms with Crippen LogP contribution in [0.25, 0.3) is 11.3 Å². The molecule has 1 aromatic heterocycles. The second kappa shape index (κ2) is 7.67. The number of hydrogen-bond donors (Lipinski definition) is 1. The smallest absolute Gasteiger partial charge is 0.234 e. The highest BCUT2D eigenvalue weighted by molar-refractivity contribution is 7.99. The average Bonchev–Trinajstić information content (AvgIpc) is 3.16. The molecule has 0 unspecified atom stereocenters. The summed E-state index contributed by atoms with van der Waals surface area (Å²) in [4.78, 5) is 12.1. The van der Waals surface area contributed by atoms with Gasteiger partial charge in [-0.2, -0.15) is 0 Å². The number of carbonyl (C=O) groups is 1. The van der Waals surface area contributed by atoms with Crippen molar-refractivity contribution in [1.29, 1.82) is 0 Å². The Kier molecular flexibility index (Phi) is 4.93. The minimum atomic E-state index is -0.0732. The van der Waals surface area contributed by atoms with Gasteiger partial charge in [0.1, 0.15) is 5.03 Å². The molecule has 2 heterocycles. The lowest BCUT2D eigenvalue weighted by Crippen LogP contribution is -2.14. The molecule has 6 nitrogen and oxygen atoms in total. The van der Waals surface area contributed by atoms with E-state index in [0.29, 0.717) is 10.8 Å². The maximum atomic E-state index is 12.1. The average molecular weight is 379 g/mol. The van der Waals surface area contributed by atoms with Crippen LogP contribution in [0.2, 0.25) is 0 Å². The molecule has 1 amide bonds. The van der Waals surface area contributed by atoms with Crippen molar-refractivity contribution in [3.8, 4) is 22.8 Å². The van der Waals surface area contributed by atoms with Crippen molar-refractivity contribution < 1.29 is 14.3 Å². The first-order chi connectivity index (χ1) is 13.2. The summed E-state index contributed by atoms with van der Waals surface area (Å²) in [6, 6.07) is 17.1. The zero-order chi connectivity index (χ0) is 18.6. The monoisotopic (exact) mass is 379 g/mol. The molecular weight excluding hydrogens is 362 g/mol. The Morgan fingerprint density at radius 3 is 2.74 bits per heavy atom. The van der Waals surface area contributed by atoms with Crippen molar-refractivity contribution in [3.63, 3.8) is 0 Å². The molecule has 136 valence electrons. The minimum absolute atomic E-state index is 0.0732. The van der Waals surface area contributed by atoms with Crippen LogP contribution in [0.3, 0.4) is 0 Å². The van der Waals surface area contributed by atoms with Crippen molar-refractivity contribution >= 4 is 23.4 Å². The van der Waals surface area contributed by atoms with Crippen molar-refractivity contribution in [1.82, 2.24) is 10.2 Å². The van der Waals surface area contributed by atoms with Crippen LogP contribution in [0.4, 0.5) is 5.69 Å². The Balaban J connectivity index is 1.37. The lowest BCUT2D eigenvalue weighted by molar-refractivity contribution is -0.113. The van der Waals surface area contributed by atoms with E-state index in [4.69, 9.17) is 9.47 Å². The van der Waals surface area contributed by atoms with Crippen molar-refractivity contribution in [3.05, 3.63) is 60.2 Å². The number of amides is 1. The largest absolute Gasteiger partial charge is 0.454 e. The Labute approximate surface area is 160 Å². The summed E-state index contributed by atoms with van der Waals surface area (Å²) < 4.78 is 10.7. The van der Waals surface area contributed by atoms with Gasteiger partial charge in [-0.05, 0) is 48.9 Å². The van der Waals surface area contributed by atoms with Crippen LogP contribution in [-0.4, -0.2) is 28.7 Å². The number of benzene rings is 2. The molecule has 0 atom stereocenters. The summed E-state index contributed by atoms with van der Waals surface area (Å²) in [5.41, 5.74) is 3.50. The number of thioether (sulfide) groups is 1. The third-order valence-corrected chi connectivity index (χ3v) is 5.00. The molecule has 0 saturated carbocycles. The maximum absolute atomic E-state index is 12.1. The fourth-order valence-corrected chi connectivity index (χ4v) is 3.26. The normalized spacial score (nSPS) is 12.0. The van der Waals surface area contributed by atoms with E-state index in [1.807, 2.05) is 61.5 Å². The van der Waals surface area contributed by atoms with E-state index in [-0.39, 0.29) is 18.5 Å². The SMILES string of the molecule is Cc1ccccc1NC(=O)CSc1ccc(-c2ccc3c(c2)OCO3)nn1. The van der Waals surface area contributed by atoms with Crippen molar-refractivity contribution in [2.45, 2.75) is 11.9 Å². The molecule has 1 aliphatic rings. The summed E-state index contributed by atoms with van der Waals surface area (Å²) in [5, 5.41) is 12.1. The number of fused-ring (bicyclic) bond motifs is 1. The number of rotatable bonds is 5. The van der Waals surface area contributed by atoms with E-state index in [9.17, 15) is 4.79 Å². The molecule has 27 heavy (non-hydrogen) atoms.